The van der Waals surface area contributed by atoms with Crippen LogP contribution in [0.4, 0.5) is 5.69 Å². The molecule has 1 unspecified atom stereocenters. The molecule has 2 rings (SSSR count). The fourth-order valence-electron chi connectivity index (χ4n) is 2.65. The average Bonchev–Trinajstić information content (AvgIpc) is 2.44. The lowest BCUT2D eigenvalue weighted by molar-refractivity contribution is -0.157. The van der Waals surface area contributed by atoms with Crippen LogP contribution in [0.1, 0.15) is 41.0 Å². The van der Waals surface area contributed by atoms with Gasteiger partial charge in [0.25, 0.3) is 0 Å². The Morgan fingerprint density at radius 3 is 2.48 bits per heavy atom. The topological polar surface area (TPSA) is 58.6 Å². The molecule has 1 aromatic rings. The summed E-state index contributed by atoms with van der Waals surface area (Å²) in [6.07, 6.45) is 0.753. The molecule has 0 radical (unpaired) electrons. The number of likely N-dealkylation sites (tertiary alicyclic amines) is 1. The first-order chi connectivity index (χ1) is 10.7. The Morgan fingerprint density at radius 2 is 1.96 bits per heavy atom. The van der Waals surface area contributed by atoms with Gasteiger partial charge in [-0.15, -0.1) is 0 Å². The van der Waals surface area contributed by atoms with Crippen molar-refractivity contribution in [2.45, 2.75) is 52.7 Å². The van der Waals surface area contributed by atoms with E-state index in [1.165, 1.54) is 0 Å². The van der Waals surface area contributed by atoms with Gasteiger partial charge >= 0.3 is 0 Å². The van der Waals surface area contributed by atoms with E-state index in [2.05, 4.69) is 5.32 Å². The number of hydrogen-bond acceptors (Lipinski definition) is 3. The summed E-state index contributed by atoms with van der Waals surface area (Å²) in [5, 5.41) is 2.91. The fourth-order valence-corrected chi connectivity index (χ4v) is 2.65. The Morgan fingerprint density at radius 1 is 1.26 bits per heavy atom. The molecule has 1 N–H and O–H groups in total. The minimum Gasteiger partial charge on any atom is -0.491 e. The van der Waals surface area contributed by atoms with Crippen LogP contribution in [0, 0.1) is 5.92 Å². The van der Waals surface area contributed by atoms with Crippen LogP contribution in [0.5, 0.6) is 5.75 Å². The smallest absolute Gasteiger partial charge is 0.250 e. The largest absolute Gasteiger partial charge is 0.491 e. The maximum Gasteiger partial charge on any atom is 0.250 e. The molecule has 1 atom stereocenters. The van der Waals surface area contributed by atoms with Crippen molar-refractivity contribution >= 4 is 17.5 Å². The van der Waals surface area contributed by atoms with E-state index in [9.17, 15) is 9.59 Å². The molecule has 0 spiro atoms. The SMILES string of the molecule is CC(C)Oc1cccc(NC(=O)C2(C)CCN2C(=O)C(C)C)c1. The van der Waals surface area contributed by atoms with Crippen LogP contribution < -0.4 is 10.1 Å². The number of anilines is 1. The molecule has 0 saturated carbocycles. The number of rotatable bonds is 5. The van der Waals surface area contributed by atoms with Crippen molar-refractivity contribution in [2.24, 2.45) is 5.92 Å². The number of nitrogens with one attached hydrogen (secondary N) is 1. The van der Waals surface area contributed by atoms with Crippen molar-refractivity contribution in [2.75, 3.05) is 11.9 Å². The van der Waals surface area contributed by atoms with Gasteiger partial charge < -0.3 is 15.0 Å². The molecular weight excluding hydrogens is 292 g/mol. The molecule has 0 aromatic heterocycles. The number of benzene rings is 1. The molecular formula is C18H26N2O3. The van der Waals surface area contributed by atoms with E-state index in [-0.39, 0.29) is 23.8 Å². The van der Waals surface area contributed by atoms with Crippen molar-refractivity contribution in [3.05, 3.63) is 24.3 Å². The van der Waals surface area contributed by atoms with Crippen LogP contribution >= 0.6 is 0 Å². The van der Waals surface area contributed by atoms with Gasteiger partial charge in [0.15, 0.2) is 0 Å². The van der Waals surface area contributed by atoms with Crippen molar-refractivity contribution in [3.8, 4) is 5.75 Å². The number of ether oxygens (including phenoxy) is 1. The van der Waals surface area contributed by atoms with Crippen LogP contribution in [0.2, 0.25) is 0 Å². The first-order valence-corrected chi connectivity index (χ1v) is 8.13. The van der Waals surface area contributed by atoms with Crippen molar-refractivity contribution in [1.29, 1.82) is 0 Å². The van der Waals surface area contributed by atoms with Gasteiger partial charge in [0, 0.05) is 24.2 Å². The number of hydrogen-bond donors (Lipinski definition) is 1. The highest BCUT2D eigenvalue weighted by Crippen LogP contribution is 2.33. The van der Waals surface area contributed by atoms with Crippen LogP contribution in [0.25, 0.3) is 0 Å². The normalized spacial score (nSPS) is 20.4. The molecule has 1 saturated heterocycles. The molecule has 126 valence electrons. The molecule has 0 bridgehead atoms. The number of nitrogens with zero attached hydrogens (tertiary/aromatic N) is 1. The highest BCUT2D eigenvalue weighted by molar-refractivity contribution is 6.01. The minimum atomic E-state index is -0.768. The standard InChI is InChI=1S/C18H26N2O3/c1-12(2)16(21)20-10-9-18(20,5)17(22)19-14-7-6-8-15(11-14)23-13(3)4/h6-8,11-13H,9-10H2,1-5H3,(H,19,22). The maximum atomic E-state index is 12.6. The molecule has 1 fully saturated rings. The second-order valence-electron chi connectivity index (χ2n) is 6.82. The summed E-state index contributed by atoms with van der Waals surface area (Å²) in [6.45, 7) is 10.1. The van der Waals surface area contributed by atoms with Crippen LogP contribution in [-0.2, 0) is 9.59 Å². The predicted molar refractivity (Wildman–Crippen MR) is 90.4 cm³/mol. The Hall–Kier alpha value is -2.04. The minimum absolute atomic E-state index is 0.0193. The Bertz CT molecular complexity index is 598. The molecule has 0 aliphatic carbocycles. The summed E-state index contributed by atoms with van der Waals surface area (Å²) in [5.41, 5.74) is -0.0887. The number of carbonyl (C=O) groups is 2. The first-order valence-electron chi connectivity index (χ1n) is 8.13. The van der Waals surface area contributed by atoms with E-state index in [0.29, 0.717) is 24.4 Å². The molecule has 1 heterocycles. The van der Waals surface area contributed by atoms with Gasteiger partial charge in [-0.05, 0) is 39.3 Å². The summed E-state index contributed by atoms with van der Waals surface area (Å²) < 4.78 is 5.64. The zero-order valence-corrected chi connectivity index (χ0v) is 14.6. The first kappa shape index (κ1) is 17.3. The zero-order valence-electron chi connectivity index (χ0n) is 14.6. The van der Waals surface area contributed by atoms with Crippen molar-refractivity contribution in [3.63, 3.8) is 0 Å². The summed E-state index contributed by atoms with van der Waals surface area (Å²) in [6, 6.07) is 7.32. The van der Waals surface area contributed by atoms with Crippen molar-refractivity contribution < 1.29 is 14.3 Å². The van der Waals surface area contributed by atoms with E-state index >= 15 is 0 Å². The predicted octanol–water partition coefficient (Wildman–Crippen LogP) is 3.06. The third-order valence-corrected chi connectivity index (χ3v) is 4.13. The molecule has 1 aliphatic heterocycles. The molecule has 5 heteroatoms. The fraction of sp³-hybridized carbons (Fsp3) is 0.556. The van der Waals surface area contributed by atoms with Gasteiger partial charge in [-0.1, -0.05) is 19.9 Å². The van der Waals surface area contributed by atoms with Crippen LogP contribution in [-0.4, -0.2) is 34.9 Å². The second kappa shape index (κ2) is 6.60. The second-order valence-corrected chi connectivity index (χ2v) is 6.82. The van der Waals surface area contributed by atoms with E-state index in [4.69, 9.17) is 4.74 Å². The average molecular weight is 318 g/mol. The molecule has 1 aromatic carbocycles. The summed E-state index contributed by atoms with van der Waals surface area (Å²) in [5.74, 6) is 0.474. The van der Waals surface area contributed by atoms with Crippen molar-refractivity contribution in [1.82, 2.24) is 4.90 Å². The molecule has 1 aliphatic rings. The summed E-state index contributed by atoms with van der Waals surface area (Å²) >= 11 is 0. The van der Waals surface area contributed by atoms with Gasteiger partial charge in [0.1, 0.15) is 11.3 Å². The lowest BCUT2D eigenvalue weighted by Gasteiger charge is -2.49. The third kappa shape index (κ3) is 3.66. The Kier molecular flexibility index (Phi) is 4.97. The Labute approximate surface area is 138 Å². The van der Waals surface area contributed by atoms with Gasteiger partial charge in [-0.2, -0.15) is 0 Å². The Balaban J connectivity index is 2.08. The molecule has 5 nitrogen and oxygen atoms in total. The third-order valence-electron chi connectivity index (χ3n) is 4.13. The van der Waals surface area contributed by atoms with E-state index in [1.807, 2.05) is 52.8 Å². The van der Waals surface area contributed by atoms with Crippen LogP contribution in [0.3, 0.4) is 0 Å². The quantitative estimate of drug-likeness (QED) is 0.907. The zero-order chi connectivity index (χ0) is 17.2. The summed E-state index contributed by atoms with van der Waals surface area (Å²) in [7, 11) is 0. The molecule has 2 amide bonds. The van der Waals surface area contributed by atoms with Gasteiger partial charge in [-0.3, -0.25) is 9.59 Å². The molecule has 23 heavy (non-hydrogen) atoms. The highest BCUT2D eigenvalue weighted by Gasteiger charge is 2.49. The van der Waals surface area contributed by atoms with Gasteiger partial charge in [0.05, 0.1) is 6.10 Å². The van der Waals surface area contributed by atoms with Crippen LogP contribution in [0.15, 0.2) is 24.3 Å². The number of amides is 2. The lowest BCUT2D eigenvalue weighted by Crippen LogP contribution is -2.66. The van der Waals surface area contributed by atoms with Gasteiger partial charge in [-0.25, -0.2) is 0 Å². The number of carbonyl (C=O) groups excluding carboxylic acids is 2. The van der Waals surface area contributed by atoms with Gasteiger partial charge in [0.2, 0.25) is 11.8 Å². The van der Waals surface area contributed by atoms with E-state index in [0.717, 1.165) is 0 Å². The van der Waals surface area contributed by atoms with E-state index in [1.54, 1.807) is 11.0 Å². The maximum absolute atomic E-state index is 12.6. The lowest BCUT2D eigenvalue weighted by atomic mass is 9.84. The van der Waals surface area contributed by atoms with E-state index < -0.39 is 5.54 Å². The summed E-state index contributed by atoms with van der Waals surface area (Å²) in [4.78, 5) is 26.5. The monoisotopic (exact) mass is 318 g/mol. The highest BCUT2D eigenvalue weighted by atomic mass is 16.5.